The first kappa shape index (κ1) is 15.4. The Morgan fingerprint density at radius 2 is 2.21 bits per heavy atom. The van der Waals surface area contributed by atoms with Crippen LogP contribution in [0.3, 0.4) is 0 Å². The van der Waals surface area contributed by atoms with Crippen LogP contribution in [0.15, 0.2) is 18.2 Å². The molecule has 4 nitrogen and oxygen atoms in total. The van der Waals surface area contributed by atoms with E-state index in [1.54, 1.807) is 12.1 Å². The molecule has 106 valence electrons. The fourth-order valence-electron chi connectivity index (χ4n) is 1.53. The molecule has 0 fully saturated rings. The Morgan fingerprint density at radius 1 is 1.42 bits per heavy atom. The molecule has 0 atom stereocenters. The monoisotopic (exact) mass is 269 g/mol. The van der Waals surface area contributed by atoms with E-state index in [0.717, 1.165) is 18.5 Å². The minimum Gasteiger partial charge on any atom is -0.490 e. The van der Waals surface area contributed by atoms with Crippen molar-refractivity contribution in [1.82, 2.24) is 5.32 Å². The SMILES string of the molecule is CCCNCc1ccc(OCCC(=O)OC)c(F)c1. The maximum Gasteiger partial charge on any atom is 0.308 e. The highest BCUT2D eigenvalue weighted by Crippen LogP contribution is 2.18. The van der Waals surface area contributed by atoms with Crippen LogP contribution >= 0.6 is 0 Å². The van der Waals surface area contributed by atoms with Gasteiger partial charge in [0, 0.05) is 6.54 Å². The molecule has 0 aliphatic rings. The third-order valence-electron chi connectivity index (χ3n) is 2.54. The second kappa shape index (κ2) is 8.48. The average Bonchev–Trinajstić information content (AvgIpc) is 2.41. The maximum atomic E-state index is 13.7. The molecule has 19 heavy (non-hydrogen) atoms. The summed E-state index contributed by atoms with van der Waals surface area (Å²) in [5.74, 6) is -0.635. The van der Waals surface area contributed by atoms with Crippen molar-refractivity contribution in [2.75, 3.05) is 20.3 Å². The summed E-state index contributed by atoms with van der Waals surface area (Å²) in [4.78, 5) is 10.9. The maximum absolute atomic E-state index is 13.7. The molecule has 5 heteroatoms. The zero-order chi connectivity index (χ0) is 14.1. The Balaban J connectivity index is 2.45. The number of nitrogens with one attached hydrogen (secondary N) is 1. The molecule has 0 unspecified atom stereocenters. The minimum atomic E-state index is -0.416. The van der Waals surface area contributed by atoms with Gasteiger partial charge in [-0.15, -0.1) is 0 Å². The van der Waals surface area contributed by atoms with Crippen LogP contribution in [0, 0.1) is 5.82 Å². The van der Waals surface area contributed by atoms with Crippen LogP contribution < -0.4 is 10.1 Å². The van der Waals surface area contributed by atoms with Crippen molar-refractivity contribution in [2.24, 2.45) is 0 Å². The van der Waals surface area contributed by atoms with Crippen molar-refractivity contribution in [1.29, 1.82) is 0 Å². The number of esters is 1. The third-order valence-corrected chi connectivity index (χ3v) is 2.54. The minimum absolute atomic E-state index is 0.107. The summed E-state index contributed by atoms with van der Waals surface area (Å²) in [7, 11) is 1.31. The van der Waals surface area contributed by atoms with Crippen LogP contribution in [0.2, 0.25) is 0 Å². The quantitative estimate of drug-likeness (QED) is 0.581. The molecular weight excluding hydrogens is 249 g/mol. The van der Waals surface area contributed by atoms with E-state index in [2.05, 4.69) is 17.0 Å². The molecule has 0 aliphatic carbocycles. The van der Waals surface area contributed by atoms with Crippen molar-refractivity contribution < 1.29 is 18.7 Å². The number of ether oxygens (including phenoxy) is 2. The van der Waals surface area contributed by atoms with E-state index in [1.807, 2.05) is 0 Å². The van der Waals surface area contributed by atoms with Gasteiger partial charge in [-0.3, -0.25) is 4.79 Å². The van der Waals surface area contributed by atoms with E-state index in [-0.39, 0.29) is 24.7 Å². The van der Waals surface area contributed by atoms with Gasteiger partial charge in [-0.25, -0.2) is 4.39 Å². The smallest absolute Gasteiger partial charge is 0.308 e. The molecule has 1 rings (SSSR count). The highest BCUT2D eigenvalue weighted by molar-refractivity contribution is 5.69. The first-order chi connectivity index (χ1) is 9.17. The molecule has 1 aromatic carbocycles. The fourth-order valence-corrected chi connectivity index (χ4v) is 1.53. The Morgan fingerprint density at radius 3 is 2.84 bits per heavy atom. The number of halogens is 1. The number of carbonyl (C=O) groups excluding carboxylic acids is 1. The molecule has 0 aromatic heterocycles. The lowest BCUT2D eigenvalue weighted by molar-refractivity contribution is -0.141. The molecule has 1 aromatic rings. The zero-order valence-electron chi connectivity index (χ0n) is 11.4. The van der Waals surface area contributed by atoms with Gasteiger partial charge in [0.05, 0.1) is 20.1 Å². The van der Waals surface area contributed by atoms with E-state index in [0.29, 0.717) is 6.54 Å². The molecule has 0 bridgehead atoms. The van der Waals surface area contributed by atoms with Crippen LogP contribution in [0.25, 0.3) is 0 Å². The summed E-state index contributed by atoms with van der Waals surface area (Å²) in [6.45, 7) is 3.72. The van der Waals surface area contributed by atoms with E-state index >= 15 is 0 Å². The largest absolute Gasteiger partial charge is 0.490 e. The first-order valence-electron chi connectivity index (χ1n) is 6.36. The zero-order valence-corrected chi connectivity index (χ0v) is 11.4. The van der Waals surface area contributed by atoms with Gasteiger partial charge in [-0.1, -0.05) is 13.0 Å². The average molecular weight is 269 g/mol. The van der Waals surface area contributed by atoms with Gasteiger partial charge in [0.15, 0.2) is 11.6 Å². The summed E-state index contributed by atoms with van der Waals surface area (Å²) < 4.78 is 23.4. The van der Waals surface area contributed by atoms with Gasteiger partial charge in [0.25, 0.3) is 0 Å². The van der Waals surface area contributed by atoms with Gasteiger partial charge >= 0.3 is 5.97 Å². The topological polar surface area (TPSA) is 47.6 Å². The van der Waals surface area contributed by atoms with E-state index in [4.69, 9.17) is 4.74 Å². The number of methoxy groups -OCH3 is 1. The van der Waals surface area contributed by atoms with E-state index < -0.39 is 5.82 Å². The summed E-state index contributed by atoms with van der Waals surface area (Å²) >= 11 is 0. The lowest BCUT2D eigenvalue weighted by atomic mass is 10.2. The standard InChI is InChI=1S/C14H20FNO3/c1-3-7-16-10-11-4-5-13(12(15)9-11)19-8-6-14(17)18-2/h4-5,9,16H,3,6-8,10H2,1-2H3. The van der Waals surface area contributed by atoms with Gasteiger partial charge in [0.2, 0.25) is 0 Å². The lowest BCUT2D eigenvalue weighted by Crippen LogP contribution is -2.14. The van der Waals surface area contributed by atoms with Crippen molar-refractivity contribution in [3.63, 3.8) is 0 Å². The first-order valence-corrected chi connectivity index (χ1v) is 6.36. The van der Waals surface area contributed by atoms with Crippen LogP contribution in [0.4, 0.5) is 4.39 Å². The Bertz CT molecular complexity index is 410. The molecule has 0 saturated heterocycles. The summed E-state index contributed by atoms with van der Waals surface area (Å²) in [6, 6.07) is 4.82. The summed E-state index contributed by atoms with van der Waals surface area (Å²) in [6.07, 6.45) is 1.15. The molecule has 0 saturated carbocycles. The predicted octanol–water partition coefficient (Wildman–Crippen LogP) is 2.27. The third kappa shape index (κ3) is 5.70. The Labute approximate surface area is 112 Å². The number of carbonyl (C=O) groups is 1. The van der Waals surface area contributed by atoms with E-state index in [9.17, 15) is 9.18 Å². The second-order valence-electron chi connectivity index (χ2n) is 4.12. The predicted molar refractivity (Wildman–Crippen MR) is 70.5 cm³/mol. The summed E-state index contributed by atoms with van der Waals surface area (Å²) in [5.41, 5.74) is 0.867. The molecule has 0 radical (unpaired) electrons. The highest BCUT2D eigenvalue weighted by atomic mass is 19.1. The fraction of sp³-hybridized carbons (Fsp3) is 0.500. The molecule has 0 amide bonds. The lowest BCUT2D eigenvalue weighted by Gasteiger charge is -2.08. The van der Waals surface area contributed by atoms with Crippen LogP contribution in [0.5, 0.6) is 5.75 Å². The van der Waals surface area contributed by atoms with E-state index in [1.165, 1.54) is 13.2 Å². The molecule has 1 N–H and O–H groups in total. The van der Waals surface area contributed by atoms with Crippen molar-refractivity contribution in [3.05, 3.63) is 29.6 Å². The van der Waals surface area contributed by atoms with Crippen LogP contribution in [-0.4, -0.2) is 26.2 Å². The molecule has 0 spiro atoms. The normalized spacial score (nSPS) is 10.3. The molecular formula is C14H20FNO3. The van der Waals surface area contributed by atoms with Crippen molar-refractivity contribution in [3.8, 4) is 5.75 Å². The number of rotatable bonds is 8. The molecule has 0 aliphatic heterocycles. The number of benzene rings is 1. The molecule has 0 heterocycles. The van der Waals surface area contributed by atoms with Crippen LogP contribution in [-0.2, 0) is 16.1 Å². The Hall–Kier alpha value is -1.62. The van der Waals surface area contributed by atoms with Gasteiger partial charge in [-0.2, -0.15) is 0 Å². The number of hydrogen-bond donors (Lipinski definition) is 1. The van der Waals surface area contributed by atoms with Crippen molar-refractivity contribution in [2.45, 2.75) is 26.3 Å². The number of hydrogen-bond acceptors (Lipinski definition) is 4. The van der Waals surface area contributed by atoms with Crippen LogP contribution in [0.1, 0.15) is 25.3 Å². The van der Waals surface area contributed by atoms with Gasteiger partial charge in [-0.05, 0) is 30.7 Å². The van der Waals surface area contributed by atoms with Gasteiger partial charge < -0.3 is 14.8 Å². The summed E-state index contributed by atoms with van der Waals surface area (Å²) in [5, 5.41) is 3.20. The van der Waals surface area contributed by atoms with Crippen molar-refractivity contribution >= 4 is 5.97 Å². The highest BCUT2D eigenvalue weighted by Gasteiger charge is 2.06. The second-order valence-corrected chi connectivity index (χ2v) is 4.12. The Kier molecular flexibility index (Phi) is 6.89. The van der Waals surface area contributed by atoms with Gasteiger partial charge in [0.1, 0.15) is 0 Å².